The highest BCUT2D eigenvalue weighted by Gasteiger charge is 2.15. The van der Waals surface area contributed by atoms with Gasteiger partial charge in [-0.3, -0.25) is 0 Å². The van der Waals surface area contributed by atoms with Crippen LogP contribution in [0.15, 0.2) is 24.3 Å². The summed E-state index contributed by atoms with van der Waals surface area (Å²) in [7, 11) is 0. The Morgan fingerprint density at radius 1 is 1.41 bits per heavy atom. The Kier molecular flexibility index (Phi) is 3.45. The van der Waals surface area contributed by atoms with Crippen molar-refractivity contribution in [2.45, 2.75) is 13.3 Å². The van der Waals surface area contributed by atoms with Crippen molar-refractivity contribution in [3.63, 3.8) is 0 Å². The van der Waals surface area contributed by atoms with Gasteiger partial charge in [0, 0.05) is 18.6 Å². The fourth-order valence-corrected chi connectivity index (χ4v) is 2.07. The van der Waals surface area contributed by atoms with Gasteiger partial charge in [-0.05, 0) is 19.1 Å². The lowest BCUT2D eigenvalue weighted by Gasteiger charge is -2.04. The SMILES string of the molecule is Cc1nn(-c2ccccc2F)c(Cl)c1CCO. The third kappa shape index (κ3) is 2.18. The van der Waals surface area contributed by atoms with Crippen molar-refractivity contribution in [1.29, 1.82) is 0 Å². The third-order valence-electron chi connectivity index (χ3n) is 2.56. The monoisotopic (exact) mass is 254 g/mol. The van der Waals surface area contributed by atoms with Gasteiger partial charge in [-0.2, -0.15) is 5.10 Å². The molecule has 0 aliphatic heterocycles. The summed E-state index contributed by atoms with van der Waals surface area (Å²) in [5.74, 6) is -0.382. The molecule has 2 rings (SSSR count). The van der Waals surface area contributed by atoms with Crippen molar-refractivity contribution in [1.82, 2.24) is 9.78 Å². The molecule has 0 aliphatic carbocycles. The van der Waals surface area contributed by atoms with Crippen LogP contribution in [0.2, 0.25) is 5.15 Å². The molecule has 3 nitrogen and oxygen atoms in total. The highest BCUT2D eigenvalue weighted by Crippen LogP contribution is 2.24. The molecule has 0 radical (unpaired) electrons. The summed E-state index contributed by atoms with van der Waals surface area (Å²) in [6.07, 6.45) is 0.416. The van der Waals surface area contributed by atoms with E-state index in [2.05, 4.69) is 5.10 Å². The zero-order valence-corrected chi connectivity index (χ0v) is 10.1. The largest absolute Gasteiger partial charge is 0.396 e. The van der Waals surface area contributed by atoms with Gasteiger partial charge in [0.1, 0.15) is 16.7 Å². The predicted molar refractivity (Wildman–Crippen MR) is 64.1 cm³/mol. The van der Waals surface area contributed by atoms with Crippen LogP contribution in [-0.4, -0.2) is 21.5 Å². The van der Waals surface area contributed by atoms with E-state index < -0.39 is 0 Å². The van der Waals surface area contributed by atoms with E-state index in [1.54, 1.807) is 25.1 Å². The Morgan fingerprint density at radius 2 is 2.12 bits per heavy atom. The molecule has 0 bridgehead atoms. The number of aliphatic hydroxyl groups is 1. The first kappa shape index (κ1) is 12.1. The maximum Gasteiger partial charge on any atom is 0.148 e. The third-order valence-corrected chi connectivity index (χ3v) is 2.95. The number of rotatable bonds is 3. The van der Waals surface area contributed by atoms with Crippen LogP contribution in [0.4, 0.5) is 4.39 Å². The zero-order valence-electron chi connectivity index (χ0n) is 9.32. The van der Waals surface area contributed by atoms with E-state index in [-0.39, 0.29) is 12.4 Å². The summed E-state index contributed by atoms with van der Waals surface area (Å²) in [6, 6.07) is 6.29. The molecular weight excluding hydrogens is 243 g/mol. The summed E-state index contributed by atoms with van der Waals surface area (Å²) in [4.78, 5) is 0. The highest BCUT2D eigenvalue weighted by molar-refractivity contribution is 6.30. The molecule has 0 aliphatic rings. The summed E-state index contributed by atoms with van der Waals surface area (Å²) in [5.41, 5.74) is 1.76. The maximum atomic E-state index is 13.6. The molecule has 0 atom stereocenters. The topological polar surface area (TPSA) is 38.0 Å². The molecular formula is C12H12ClFN2O. The summed E-state index contributed by atoms with van der Waals surface area (Å²) in [5, 5.41) is 13.5. The molecule has 17 heavy (non-hydrogen) atoms. The quantitative estimate of drug-likeness (QED) is 0.914. The van der Waals surface area contributed by atoms with Crippen molar-refractivity contribution in [2.75, 3.05) is 6.61 Å². The van der Waals surface area contributed by atoms with Crippen LogP contribution in [0, 0.1) is 12.7 Å². The molecule has 0 saturated heterocycles. The van der Waals surface area contributed by atoms with Crippen LogP contribution in [0.1, 0.15) is 11.3 Å². The van der Waals surface area contributed by atoms with Crippen molar-refractivity contribution in [3.05, 3.63) is 46.5 Å². The minimum atomic E-state index is -0.382. The number of halogens is 2. The van der Waals surface area contributed by atoms with Crippen LogP contribution in [-0.2, 0) is 6.42 Å². The second kappa shape index (κ2) is 4.85. The first-order valence-electron chi connectivity index (χ1n) is 5.25. The zero-order chi connectivity index (χ0) is 12.4. The Bertz CT molecular complexity index is 539. The Balaban J connectivity index is 2.54. The van der Waals surface area contributed by atoms with Crippen molar-refractivity contribution < 1.29 is 9.50 Å². The van der Waals surface area contributed by atoms with E-state index in [1.165, 1.54) is 10.7 Å². The second-order valence-electron chi connectivity index (χ2n) is 3.69. The van der Waals surface area contributed by atoms with Gasteiger partial charge in [-0.15, -0.1) is 0 Å². The van der Waals surface area contributed by atoms with Crippen molar-refractivity contribution >= 4 is 11.6 Å². The number of aliphatic hydroxyl groups excluding tert-OH is 1. The Labute approximate surface area is 103 Å². The second-order valence-corrected chi connectivity index (χ2v) is 4.05. The van der Waals surface area contributed by atoms with Gasteiger partial charge in [0.2, 0.25) is 0 Å². The highest BCUT2D eigenvalue weighted by atomic mass is 35.5. The molecule has 5 heteroatoms. The standard InChI is InChI=1S/C12H12ClFN2O/c1-8-9(6-7-17)12(13)16(15-8)11-5-3-2-4-10(11)14/h2-5,17H,6-7H2,1H3. The molecule has 1 heterocycles. The first-order valence-corrected chi connectivity index (χ1v) is 5.62. The number of hydrogen-bond acceptors (Lipinski definition) is 2. The predicted octanol–water partition coefficient (Wildman–Crippen LogP) is 2.51. The number of hydrogen-bond donors (Lipinski definition) is 1. The smallest absolute Gasteiger partial charge is 0.148 e. The lowest BCUT2D eigenvalue weighted by molar-refractivity contribution is 0.299. The van der Waals surface area contributed by atoms with Gasteiger partial charge in [-0.25, -0.2) is 9.07 Å². The van der Waals surface area contributed by atoms with Gasteiger partial charge in [0.15, 0.2) is 0 Å². The van der Waals surface area contributed by atoms with E-state index in [9.17, 15) is 4.39 Å². The van der Waals surface area contributed by atoms with Gasteiger partial charge in [0.25, 0.3) is 0 Å². The van der Waals surface area contributed by atoms with Gasteiger partial charge in [0.05, 0.1) is 5.69 Å². The molecule has 1 N–H and O–H groups in total. The molecule has 1 aromatic heterocycles. The molecule has 2 aromatic rings. The van der Waals surface area contributed by atoms with Gasteiger partial charge >= 0.3 is 0 Å². The number of benzene rings is 1. The fraction of sp³-hybridized carbons (Fsp3) is 0.250. The number of aryl methyl sites for hydroxylation is 1. The Hall–Kier alpha value is -1.39. The maximum absolute atomic E-state index is 13.6. The molecule has 0 fully saturated rings. The van der Waals surface area contributed by atoms with Crippen LogP contribution < -0.4 is 0 Å². The van der Waals surface area contributed by atoms with Crippen LogP contribution in [0.5, 0.6) is 0 Å². The summed E-state index contributed by atoms with van der Waals surface area (Å²) >= 11 is 6.14. The minimum Gasteiger partial charge on any atom is -0.396 e. The summed E-state index contributed by atoms with van der Waals surface area (Å²) in [6.45, 7) is 1.78. The minimum absolute atomic E-state index is 0.0104. The van der Waals surface area contributed by atoms with Crippen molar-refractivity contribution in [2.24, 2.45) is 0 Å². The average Bonchev–Trinajstić information content (AvgIpc) is 2.58. The number of nitrogens with zero attached hydrogens (tertiary/aromatic N) is 2. The molecule has 90 valence electrons. The lowest BCUT2D eigenvalue weighted by atomic mass is 10.2. The average molecular weight is 255 g/mol. The van der Waals surface area contributed by atoms with E-state index in [1.807, 2.05) is 0 Å². The lowest BCUT2D eigenvalue weighted by Crippen LogP contribution is -2.00. The first-order chi connectivity index (χ1) is 8.15. The van der Waals surface area contributed by atoms with Crippen LogP contribution >= 0.6 is 11.6 Å². The van der Waals surface area contributed by atoms with Crippen molar-refractivity contribution in [3.8, 4) is 5.69 Å². The number of aromatic nitrogens is 2. The normalized spacial score (nSPS) is 10.8. The molecule has 0 amide bonds. The Morgan fingerprint density at radius 3 is 2.76 bits per heavy atom. The van der Waals surface area contributed by atoms with Crippen LogP contribution in [0.25, 0.3) is 5.69 Å². The molecule has 1 aromatic carbocycles. The van der Waals surface area contributed by atoms with Crippen LogP contribution in [0.3, 0.4) is 0 Å². The van der Waals surface area contributed by atoms with Gasteiger partial charge < -0.3 is 5.11 Å². The molecule has 0 spiro atoms. The number of para-hydroxylation sites is 1. The fourth-order valence-electron chi connectivity index (χ4n) is 1.71. The van der Waals surface area contributed by atoms with E-state index in [0.29, 0.717) is 23.0 Å². The molecule has 0 saturated carbocycles. The molecule has 0 unspecified atom stereocenters. The van der Waals surface area contributed by atoms with Gasteiger partial charge in [-0.1, -0.05) is 23.7 Å². The summed E-state index contributed by atoms with van der Waals surface area (Å²) < 4.78 is 15.0. The van der Waals surface area contributed by atoms with E-state index >= 15 is 0 Å². The van der Waals surface area contributed by atoms with E-state index in [4.69, 9.17) is 16.7 Å². The van der Waals surface area contributed by atoms with E-state index in [0.717, 1.165) is 5.56 Å².